The molecule has 3 nitrogen and oxygen atoms in total. The second kappa shape index (κ2) is 2.82. The van der Waals surface area contributed by atoms with Crippen molar-refractivity contribution in [1.29, 1.82) is 0 Å². The fourth-order valence-electron chi connectivity index (χ4n) is 1.25. The van der Waals surface area contributed by atoms with E-state index >= 15 is 0 Å². The van der Waals surface area contributed by atoms with Gasteiger partial charge in [0.15, 0.2) is 0 Å². The van der Waals surface area contributed by atoms with E-state index in [0.29, 0.717) is 11.4 Å². The SMILES string of the molecule is C#Sc1ccc2c(c1)S(=O)(=O)NC2. The number of fused-ring (bicyclic) bond motifs is 1. The van der Waals surface area contributed by atoms with E-state index in [1.807, 2.05) is 6.07 Å². The first-order valence-electron chi connectivity index (χ1n) is 3.63. The third kappa shape index (κ3) is 1.36. The maximum absolute atomic E-state index is 11.4. The molecule has 1 heterocycles. The Balaban J connectivity index is 2.71. The molecular formula is C8H7NO2S2. The van der Waals surface area contributed by atoms with Gasteiger partial charge in [0.05, 0.1) is 4.90 Å². The highest BCUT2D eigenvalue weighted by Gasteiger charge is 2.25. The molecule has 0 atom stereocenters. The van der Waals surface area contributed by atoms with Crippen LogP contribution in [0.25, 0.3) is 0 Å². The molecule has 13 heavy (non-hydrogen) atoms. The molecule has 0 fully saturated rings. The van der Waals surface area contributed by atoms with E-state index in [-0.39, 0.29) is 0 Å². The lowest BCUT2D eigenvalue weighted by Gasteiger charge is -1.96. The largest absolute Gasteiger partial charge is 0.241 e. The van der Waals surface area contributed by atoms with Crippen LogP contribution in [0, 0.1) is 5.69 Å². The molecule has 0 unspecified atom stereocenters. The van der Waals surface area contributed by atoms with Crippen LogP contribution >= 0.6 is 11.2 Å². The summed E-state index contributed by atoms with van der Waals surface area (Å²) in [6.45, 7) is 0.382. The van der Waals surface area contributed by atoms with Gasteiger partial charge in [0, 0.05) is 11.4 Å². The lowest BCUT2D eigenvalue weighted by atomic mass is 10.2. The van der Waals surface area contributed by atoms with Gasteiger partial charge in [-0.05, 0) is 17.7 Å². The minimum Gasteiger partial charge on any atom is -0.207 e. The zero-order valence-corrected chi connectivity index (χ0v) is 8.28. The summed E-state index contributed by atoms with van der Waals surface area (Å²) in [5.41, 5.74) is 6.14. The smallest absolute Gasteiger partial charge is 0.207 e. The van der Waals surface area contributed by atoms with Crippen molar-refractivity contribution in [2.45, 2.75) is 16.3 Å². The van der Waals surface area contributed by atoms with E-state index in [0.717, 1.165) is 21.6 Å². The first kappa shape index (κ1) is 8.72. The molecule has 1 N–H and O–H groups in total. The molecule has 0 saturated carbocycles. The highest BCUT2D eigenvalue weighted by atomic mass is 32.2. The molecular weight excluding hydrogens is 206 g/mol. The summed E-state index contributed by atoms with van der Waals surface area (Å²) in [7, 11) is -3.26. The maximum Gasteiger partial charge on any atom is 0.241 e. The van der Waals surface area contributed by atoms with E-state index in [1.54, 1.807) is 12.1 Å². The summed E-state index contributed by atoms with van der Waals surface area (Å²) in [5.74, 6) is 0. The van der Waals surface area contributed by atoms with E-state index in [2.05, 4.69) is 4.72 Å². The molecule has 0 saturated heterocycles. The Kier molecular flexibility index (Phi) is 1.89. The van der Waals surface area contributed by atoms with Gasteiger partial charge in [-0.2, -0.15) is 0 Å². The summed E-state index contributed by atoms with van der Waals surface area (Å²) in [5, 5.41) is 0. The monoisotopic (exact) mass is 213 g/mol. The van der Waals surface area contributed by atoms with Crippen molar-refractivity contribution in [2.75, 3.05) is 0 Å². The van der Waals surface area contributed by atoms with Gasteiger partial charge in [0.1, 0.15) is 0 Å². The highest BCUT2D eigenvalue weighted by molar-refractivity contribution is 7.90. The van der Waals surface area contributed by atoms with Gasteiger partial charge in [-0.1, -0.05) is 6.07 Å². The fraction of sp³-hybridized carbons (Fsp3) is 0.125. The maximum atomic E-state index is 11.4. The summed E-state index contributed by atoms with van der Waals surface area (Å²) < 4.78 is 25.2. The molecule has 0 amide bonds. The van der Waals surface area contributed by atoms with E-state index in [1.165, 1.54) is 0 Å². The lowest BCUT2D eigenvalue weighted by Crippen LogP contribution is -2.13. The molecule has 1 aromatic carbocycles. The minimum atomic E-state index is -3.26. The molecule has 1 aliphatic heterocycles. The van der Waals surface area contributed by atoms with Crippen LogP contribution < -0.4 is 4.72 Å². The topological polar surface area (TPSA) is 46.2 Å². The fourth-order valence-corrected chi connectivity index (χ4v) is 2.93. The zero-order valence-electron chi connectivity index (χ0n) is 6.65. The predicted molar refractivity (Wildman–Crippen MR) is 51.3 cm³/mol. The molecule has 0 bridgehead atoms. The highest BCUT2D eigenvalue weighted by Crippen LogP contribution is 2.24. The van der Waals surface area contributed by atoms with Crippen molar-refractivity contribution in [2.24, 2.45) is 0 Å². The standard InChI is InChI=1S/C8H7NO2S2/c1-12-7-3-2-6-5-9-13(10,11)8(6)4-7/h1-4,9H,5H2. The number of sulfonamides is 1. The Labute approximate surface area is 80.4 Å². The molecule has 5 heteroatoms. The second-order valence-electron chi connectivity index (χ2n) is 2.71. The van der Waals surface area contributed by atoms with Crippen LogP contribution in [0.3, 0.4) is 0 Å². The quantitative estimate of drug-likeness (QED) is 0.703. The summed E-state index contributed by atoms with van der Waals surface area (Å²) in [4.78, 5) is 1.11. The first-order valence-corrected chi connectivity index (χ1v) is 5.99. The van der Waals surface area contributed by atoms with Gasteiger partial charge in [-0.15, -0.1) is 16.9 Å². The van der Waals surface area contributed by atoms with Crippen LogP contribution in [-0.4, -0.2) is 8.42 Å². The molecule has 68 valence electrons. The third-order valence-electron chi connectivity index (χ3n) is 1.92. The lowest BCUT2D eigenvalue weighted by molar-refractivity contribution is 0.589. The summed E-state index contributed by atoms with van der Waals surface area (Å²) in [6, 6.07) is 5.18. The van der Waals surface area contributed by atoms with Gasteiger partial charge in [-0.3, -0.25) is 0 Å². The molecule has 1 aliphatic rings. The van der Waals surface area contributed by atoms with Crippen molar-refractivity contribution < 1.29 is 8.42 Å². The van der Waals surface area contributed by atoms with Crippen molar-refractivity contribution in [3.63, 3.8) is 0 Å². The number of hydrogen-bond donors (Lipinski definition) is 1. The van der Waals surface area contributed by atoms with Crippen LogP contribution in [0.2, 0.25) is 0 Å². The molecule has 0 aliphatic carbocycles. The van der Waals surface area contributed by atoms with Gasteiger partial charge in [0.25, 0.3) is 0 Å². The minimum absolute atomic E-state index is 0.350. The van der Waals surface area contributed by atoms with Crippen molar-refractivity contribution in [3.05, 3.63) is 23.8 Å². The predicted octanol–water partition coefficient (Wildman–Crippen LogP) is 1.16. The van der Waals surface area contributed by atoms with E-state index in [4.69, 9.17) is 5.69 Å². The Bertz CT molecular complexity index is 499. The average molecular weight is 213 g/mol. The van der Waals surface area contributed by atoms with Gasteiger partial charge in [-0.25, -0.2) is 13.1 Å². The van der Waals surface area contributed by atoms with Crippen molar-refractivity contribution in [1.82, 2.24) is 4.72 Å². The van der Waals surface area contributed by atoms with Crippen LogP contribution in [-0.2, 0) is 16.6 Å². The van der Waals surface area contributed by atoms with Gasteiger partial charge in [0.2, 0.25) is 10.0 Å². The molecule has 0 aromatic heterocycles. The van der Waals surface area contributed by atoms with Crippen LogP contribution in [0.15, 0.2) is 28.0 Å². The normalized spacial score (nSPS) is 18.1. The number of benzene rings is 1. The number of hydrogen-bond acceptors (Lipinski definition) is 2. The van der Waals surface area contributed by atoms with Gasteiger partial charge < -0.3 is 0 Å². The van der Waals surface area contributed by atoms with Crippen LogP contribution in [0.5, 0.6) is 0 Å². The summed E-state index contributed by atoms with van der Waals surface area (Å²) in [6.07, 6.45) is 0. The van der Waals surface area contributed by atoms with E-state index in [9.17, 15) is 8.42 Å². The third-order valence-corrected chi connectivity index (χ3v) is 3.93. The molecule has 2 rings (SSSR count). The van der Waals surface area contributed by atoms with Crippen LogP contribution in [0.4, 0.5) is 0 Å². The van der Waals surface area contributed by atoms with Gasteiger partial charge >= 0.3 is 0 Å². The molecule has 0 radical (unpaired) electrons. The zero-order chi connectivity index (χ0) is 9.47. The number of rotatable bonds is 0. The Morgan fingerprint density at radius 1 is 1.46 bits per heavy atom. The van der Waals surface area contributed by atoms with E-state index < -0.39 is 10.0 Å². The Morgan fingerprint density at radius 2 is 2.23 bits per heavy atom. The van der Waals surface area contributed by atoms with Crippen molar-refractivity contribution in [3.8, 4) is 5.69 Å². The van der Waals surface area contributed by atoms with Crippen LogP contribution in [0.1, 0.15) is 5.56 Å². The molecule has 1 aromatic rings. The average Bonchev–Trinajstić information content (AvgIpc) is 2.42. The first-order chi connectivity index (χ1) is 6.13. The Hall–Kier alpha value is -0.870. The second-order valence-corrected chi connectivity index (χ2v) is 5.15. The summed E-state index contributed by atoms with van der Waals surface area (Å²) >= 11 is 1.04. The van der Waals surface area contributed by atoms with Crippen molar-refractivity contribution >= 4 is 21.2 Å². The molecule has 0 spiro atoms. The number of nitrogens with one attached hydrogen (secondary N) is 1. The Morgan fingerprint density at radius 3 is 2.92 bits per heavy atom.